The Morgan fingerprint density at radius 2 is 1.95 bits per heavy atom. The van der Waals surface area contributed by atoms with E-state index in [1.54, 1.807) is 6.07 Å². The third kappa shape index (κ3) is 2.69. The zero-order chi connectivity index (χ0) is 14.1. The van der Waals surface area contributed by atoms with Crippen molar-refractivity contribution in [3.05, 3.63) is 63.6 Å². The van der Waals surface area contributed by atoms with Crippen LogP contribution in [0.2, 0.25) is 10.0 Å². The van der Waals surface area contributed by atoms with E-state index >= 15 is 0 Å². The molecule has 4 heteroatoms. The number of fused-ring (bicyclic) bond motifs is 1. The van der Waals surface area contributed by atoms with E-state index < -0.39 is 0 Å². The van der Waals surface area contributed by atoms with E-state index in [4.69, 9.17) is 27.9 Å². The highest BCUT2D eigenvalue weighted by Gasteiger charge is 2.29. The third-order valence-corrected chi connectivity index (χ3v) is 5.31. The van der Waals surface area contributed by atoms with Crippen LogP contribution in [-0.2, 0) is 0 Å². The Hall–Kier alpha value is -0.700. The van der Waals surface area contributed by atoms with Gasteiger partial charge in [-0.15, -0.1) is 0 Å². The highest BCUT2D eigenvalue weighted by molar-refractivity contribution is 9.09. The van der Waals surface area contributed by atoms with E-state index in [1.807, 2.05) is 30.3 Å². The second-order valence-corrected chi connectivity index (χ2v) is 6.68. The molecule has 104 valence electrons. The fourth-order valence-electron chi connectivity index (χ4n) is 2.62. The van der Waals surface area contributed by atoms with Crippen LogP contribution in [0.25, 0.3) is 0 Å². The molecule has 0 amide bonds. The van der Waals surface area contributed by atoms with E-state index in [0.29, 0.717) is 16.0 Å². The maximum atomic E-state index is 6.33. The maximum absolute atomic E-state index is 6.33. The van der Waals surface area contributed by atoms with Gasteiger partial charge in [0.15, 0.2) is 0 Å². The molecule has 0 radical (unpaired) electrons. The van der Waals surface area contributed by atoms with Crippen molar-refractivity contribution in [3.8, 4) is 5.75 Å². The lowest BCUT2D eigenvalue weighted by Crippen LogP contribution is -2.17. The van der Waals surface area contributed by atoms with Crippen LogP contribution in [0.15, 0.2) is 42.5 Å². The molecule has 0 N–H and O–H groups in total. The predicted octanol–water partition coefficient (Wildman–Crippen LogP) is 6.00. The number of ether oxygens (including phenoxy) is 1. The summed E-state index contributed by atoms with van der Waals surface area (Å²) < 4.78 is 5.71. The summed E-state index contributed by atoms with van der Waals surface area (Å²) in [5.74, 6) is 1.32. The van der Waals surface area contributed by atoms with E-state index in [9.17, 15) is 0 Å². The van der Waals surface area contributed by atoms with Gasteiger partial charge in [0.2, 0.25) is 0 Å². The lowest BCUT2D eigenvalue weighted by molar-refractivity contribution is 0.266. The summed E-state index contributed by atoms with van der Waals surface area (Å²) in [7, 11) is 0. The molecule has 1 heterocycles. The smallest absolute Gasteiger partial charge is 0.122 e. The van der Waals surface area contributed by atoms with Gasteiger partial charge in [-0.3, -0.25) is 0 Å². The molecule has 3 rings (SSSR count). The number of halogens is 3. The molecule has 0 aromatic heterocycles. The van der Waals surface area contributed by atoms with Gasteiger partial charge in [-0.1, -0.05) is 63.4 Å². The Balaban J connectivity index is 1.97. The van der Waals surface area contributed by atoms with Crippen molar-refractivity contribution in [2.45, 2.75) is 17.2 Å². The molecule has 0 saturated heterocycles. The molecule has 2 atom stereocenters. The van der Waals surface area contributed by atoms with Crippen LogP contribution in [0.1, 0.15) is 28.3 Å². The summed E-state index contributed by atoms with van der Waals surface area (Å²) in [5.41, 5.74) is 2.30. The van der Waals surface area contributed by atoms with Crippen molar-refractivity contribution in [1.29, 1.82) is 0 Å². The number of hydrogen-bond acceptors (Lipinski definition) is 1. The Bertz CT molecular complexity index is 630. The van der Waals surface area contributed by atoms with Crippen LogP contribution >= 0.6 is 39.1 Å². The van der Waals surface area contributed by atoms with Crippen molar-refractivity contribution in [2.24, 2.45) is 0 Å². The molecule has 2 unspecified atom stereocenters. The van der Waals surface area contributed by atoms with Crippen molar-refractivity contribution >= 4 is 39.1 Å². The molecule has 0 bridgehead atoms. The van der Waals surface area contributed by atoms with E-state index in [2.05, 4.69) is 22.0 Å². The number of hydrogen-bond donors (Lipinski definition) is 0. The summed E-state index contributed by atoms with van der Waals surface area (Å²) in [6.45, 7) is 0.731. The lowest BCUT2D eigenvalue weighted by atomic mass is 9.87. The van der Waals surface area contributed by atoms with Crippen LogP contribution in [0.5, 0.6) is 5.75 Å². The summed E-state index contributed by atoms with van der Waals surface area (Å²) in [4.78, 5) is 0.150. The maximum Gasteiger partial charge on any atom is 0.122 e. The minimum Gasteiger partial charge on any atom is -0.493 e. The quantitative estimate of drug-likeness (QED) is 0.588. The van der Waals surface area contributed by atoms with Gasteiger partial charge in [0.05, 0.1) is 6.61 Å². The van der Waals surface area contributed by atoms with Crippen molar-refractivity contribution < 1.29 is 4.74 Å². The summed E-state index contributed by atoms with van der Waals surface area (Å²) in [5, 5.41) is 1.36. The fraction of sp³-hybridized carbons (Fsp3) is 0.250. The highest BCUT2D eigenvalue weighted by Crippen LogP contribution is 2.47. The highest BCUT2D eigenvalue weighted by atomic mass is 79.9. The molecule has 0 spiro atoms. The largest absolute Gasteiger partial charge is 0.493 e. The zero-order valence-corrected chi connectivity index (χ0v) is 13.8. The second kappa shape index (κ2) is 5.97. The standard InChI is InChI=1S/C16H13BrCl2O/c17-16(13-6-5-10(18)9-14(13)19)12-7-8-20-15-4-2-1-3-11(12)15/h1-6,9,12,16H,7-8H2. The van der Waals surface area contributed by atoms with E-state index in [0.717, 1.165) is 24.3 Å². The topological polar surface area (TPSA) is 9.23 Å². The molecule has 0 aliphatic carbocycles. The second-order valence-electron chi connectivity index (χ2n) is 4.85. The first kappa shape index (κ1) is 14.2. The van der Waals surface area contributed by atoms with Crippen LogP contribution in [0.3, 0.4) is 0 Å². The van der Waals surface area contributed by atoms with E-state index in [1.165, 1.54) is 5.56 Å². The fourth-order valence-corrected chi connectivity index (χ4v) is 4.22. The molecule has 0 saturated carbocycles. The van der Waals surface area contributed by atoms with Crippen LogP contribution in [0.4, 0.5) is 0 Å². The normalized spacial score (nSPS) is 19.1. The molecule has 2 aromatic rings. The van der Waals surface area contributed by atoms with Gasteiger partial charge >= 0.3 is 0 Å². The number of rotatable bonds is 2. The SMILES string of the molecule is Clc1ccc(C(Br)C2CCOc3ccccc32)c(Cl)c1. The first-order valence-electron chi connectivity index (χ1n) is 6.47. The first-order chi connectivity index (χ1) is 9.66. The minimum absolute atomic E-state index is 0.150. The molecule has 2 aromatic carbocycles. The van der Waals surface area contributed by atoms with Crippen LogP contribution < -0.4 is 4.74 Å². The van der Waals surface area contributed by atoms with Crippen molar-refractivity contribution in [2.75, 3.05) is 6.61 Å². The molecule has 1 aliphatic heterocycles. The van der Waals surface area contributed by atoms with Gasteiger partial charge in [-0.2, -0.15) is 0 Å². The van der Waals surface area contributed by atoms with Gasteiger partial charge < -0.3 is 4.74 Å². The lowest BCUT2D eigenvalue weighted by Gasteiger charge is -2.30. The first-order valence-corrected chi connectivity index (χ1v) is 8.14. The Morgan fingerprint density at radius 3 is 2.75 bits per heavy atom. The Morgan fingerprint density at radius 1 is 1.15 bits per heavy atom. The number of para-hydroxylation sites is 1. The molecule has 0 fully saturated rings. The van der Waals surface area contributed by atoms with Gasteiger partial charge in [0, 0.05) is 20.8 Å². The molecule has 1 nitrogen and oxygen atoms in total. The third-order valence-electron chi connectivity index (χ3n) is 3.62. The summed E-state index contributed by atoms with van der Waals surface area (Å²) in [6.07, 6.45) is 0.964. The molecule has 20 heavy (non-hydrogen) atoms. The predicted molar refractivity (Wildman–Crippen MR) is 87.4 cm³/mol. The van der Waals surface area contributed by atoms with Crippen LogP contribution in [0, 0.1) is 0 Å². The molecular formula is C16H13BrCl2O. The molecular weight excluding hydrogens is 359 g/mol. The van der Waals surface area contributed by atoms with Crippen molar-refractivity contribution in [3.63, 3.8) is 0 Å². The minimum atomic E-state index is 0.150. The van der Waals surface area contributed by atoms with Gasteiger partial charge in [-0.25, -0.2) is 0 Å². The number of benzene rings is 2. The average Bonchev–Trinajstić information content (AvgIpc) is 2.46. The molecule has 1 aliphatic rings. The number of alkyl halides is 1. The van der Waals surface area contributed by atoms with E-state index in [-0.39, 0.29) is 4.83 Å². The van der Waals surface area contributed by atoms with Crippen molar-refractivity contribution in [1.82, 2.24) is 0 Å². The Kier molecular flexibility index (Phi) is 4.25. The van der Waals surface area contributed by atoms with Gasteiger partial charge in [-0.05, 0) is 35.7 Å². The summed E-state index contributed by atoms with van der Waals surface area (Å²) >= 11 is 16.1. The zero-order valence-electron chi connectivity index (χ0n) is 10.7. The van der Waals surface area contributed by atoms with Gasteiger partial charge in [0.1, 0.15) is 5.75 Å². The Labute approximate surface area is 137 Å². The van der Waals surface area contributed by atoms with Gasteiger partial charge in [0.25, 0.3) is 0 Å². The average molecular weight is 372 g/mol. The summed E-state index contributed by atoms with van der Waals surface area (Å²) in [6, 6.07) is 13.8. The van der Waals surface area contributed by atoms with Crippen LogP contribution in [-0.4, -0.2) is 6.61 Å². The monoisotopic (exact) mass is 370 g/mol.